The molecule has 0 amide bonds. The van der Waals surface area contributed by atoms with Crippen LogP contribution >= 0.6 is 11.3 Å². The molecule has 0 aliphatic rings. The molecule has 0 saturated carbocycles. The maximum Gasteiger partial charge on any atom is 0.0589 e. The van der Waals surface area contributed by atoms with Crippen molar-refractivity contribution < 1.29 is 4.74 Å². The minimum atomic E-state index is 0.330. The molecule has 4 heteroatoms. The van der Waals surface area contributed by atoms with Gasteiger partial charge in [-0.2, -0.15) is 11.3 Å². The lowest BCUT2D eigenvalue weighted by Gasteiger charge is -2.29. The van der Waals surface area contributed by atoms with E-state index in [1.807, 2.05) is 0 Å². The van der Waals surface area contributed by atoms with Gasteiger partial charge in [-0.25, -0.2) is 0 Å². The predicted molar refractivity (Wildman–Crippen MR) is 65.2 cm³/mol. The Hall–Kier alpha value is -0.420. The van der Waals surface area contributed by atoms with Crippen LogP contribution in [0.5, 0.6) is 0 Å². The van der Waals surface area contributed by atoms with Crippen LogP contribution in [0, 0.1) is 0 Å². The van der Waals surface area contributed by atoms with E-state index in [0.29, 0.717) is 12.6 Å². The Morgan fingerprint density at radius 3 is 2.87 bits per heavy atom. The van der Waals surface area contributed by atoms with Gasteiger partial charge < -0.3 is 10.5 Å². The average molecular weight is 228 g/mol. The summed E-state index contributed by atoms with van der Waals surface area (Å²) in [5.41, 5.74) is 7.15. The van der Waals surface area contributed by atoms with E-state index in [0.717, 1.165) is 19.7 Å². The molecule has 0 radical (unpaired) electrons. The number of hydrogen-bond donors (Lipinski definition) is 1. The summed E-state index contributed by atoms with van der Waals surface area (Å²) in [6.45, 7) is 5.51. The molecule has 3 nitrogen and oxygen atoms in total. The molecule has 0 aliphatic carbocycles. The van der Waals surface area contributed by atoms with Crippen LogP contribution in [0.2, 0.25) is 0 Å². The van der Waals surface area contributed by atoms with Crippen molar-refractivity contribution in [2.45, 2.75) is 13.0 Å². The number of nitrogens with zero attached hydrogens (tertiary/aromatic N) is 1. The summed E-state index contributed by atoms with van der Waals surface area (Å²) in [7, 11) is 1.73. The molecule has 15 heavy (non-hydrogen) atoms. The lowest BCUT2D eigenvalue weighted by molar-refractivity contribution is 0.126. The number of nitrogens with two attached hydrogens (primary N) is 1. The fraction of sp³-hybridized carbons (Fsp3) is 0.636. The Kier molecular flexibility index (Phi) is 5.86. The number of likely N-dealkylation sites (N-methyl/N-ethyl adjacent to an activating group) is 1. The molecule has 0 fully saturated rings. The standard InChI is InChI=1S/C11H20N2OS/c1-3-13(5-6-14-2)11(8-12)10-4-7-15-9-10/h4,7,9,11H,3,5-6,8,12H2,1-2H3. The topological polar surface area (TPSA) is 38.5 Å². The highest BCUT2D eigenvalue weighted by Gasteiger charge is 2.17. The highest BCUT2D eigenvalue weighted by Crippen LogP contribution is 2.21. The molecule has 1 unspecified atom stereocenters. The number of hydrogen-bond acceptors (Lipinski definition) is 4. The third kappa shape index (κ3) is 3.57. The number of thiophene rings is 1. The van der Waals surface area contributed by atoms with Crippen molar-refractivity contribution >= 4 is 11.3 Å². The van der Waals surface area contributed by atoms with Crippen molar-refractivity contribution in [3.8, 4) is 0 Å². The van der Waals surface area contributed by atoms with E-state index >= 15 is 0 Å². The van der Waals surface area contributed by atoms with E-state index < -0.39 is 0 Å². The minimum absolute atomic E-state index is 0.330. The van der Waals surface area contributed by atoms with Gasteiger partial charge in [-0.1, -0.05) is 6.92 Å². The zero-order valence-corrected chi connectivity index (χ0v) is 10.3. The Morgan fingerprint density at radius 2 is 2.40 bits per heavy atom. The summed E-state index contributed by atoms with van der Waals surface area (Å²) >= 11 is 1.72. The third-order valence-corrected chi connectivity index (χ3v) is 3.28. The van der Waals surface area contributed by atoms with Gasteiger partial charge in [-0.15, -0.1) is 0 Å². The maximum atomic E-state index is 5.83. The second kappa shape index (κ2) is 6.95. The average Bonchev–Trinajstić information content (AvgIpc) is 2.77. The Labute approximate surface area is 95.8 Å². The van der Waals surface area contributed by atoms with Crippen LogP contribution in [0.3, 0.4) is 0 Å². The van der Waals surface area contributed by atoms with Gasteiger partial charge in [0.2, 0.25) is 0 Å². The van der Waals surface area contributed by atoms with Crippen LogP contribution in [0.4, 0.5) is 0 Å². The molecule has 1 aromatic rings. The first-order chi connectivity index (χ1) is 7.33. The smallest absolute Gasteiger partial charge is 0.0589 e. The highest BCUT2D eigenvalue weighted by atomic mass is 32.1. The van der Waals surface area contributed by atoms with Crippen molar-refractivity contribution in [2.75, 3.05) is 33.4 Å². The SMILES string of the molecule is CCN(CCOC)C(CN)c1ccsc1. The summed E-state index contributed by atoms with van der Waals surface area (Å²) in [6, 6.07) is 2.48. The first kappa shape index (κ1) is 12.6. The van der Waals surface area contributed by atoms with Crippen molar-refractivity contribution in [2.24, 2.45) is 5.73 Å². The van der Waals surface area contributed by atoms with Crippen LogP contribution in [-0.2, 0) is 4.74 Å². The number of ether oxygens (including phenoxy) is 1. The molecular weight excluding hydrogens is 208 g/mol. The second-order valence-electron chi connectivity index (χ2n) is 3.43. The molecule has 0 saturated heterocycles. The molecule has 0 spiro atoms. The predicted octanol–water partition coefficient (Wildman–Crippen LogP) is 1.72. The van der Waals surface area contributed by atoms with Crippen LogP contribution in [0.15, 0.2) is 16.8 Å². The van der Waals surface area contributed by atoms with Crippen molar-refractivity contribution in [1.29, 1.82) is 0 Å². The maximum absolute atomic E-state index is 5.83. The van der Waals surface area contributed by atoms with Gasteiger partial charge in [0, 0.05) is 26.2 Å². The van der Waals surface area contributed by atoms with E-state index in [4.69, 9.17) is 10.5 Å². The van der Waals surface area contributed by atoms with E-state index in [-0.39, 0.29) is 0 Å². The van der Waals surface area contributed by atoms with Crippen molar-refractivity contribution in [3.05, 3.63) is 22.4 Å². The zero-order valence-electron chi connectivity index (χ0n) is 9.48. The lowest BCUT2D eigenvalue weighted by atomic mass is 10.1. The third-order valence-electron chi connectivity index (χ3n) is 2.58. The van der Waals surface area contributed by atoms with Crippen LogP contribution in [0.1, 0.15) is 18.5 Å². The minimum Gasteiger partial charge on any atom is -0.383 e. The van der Waals surface area contributed by atoms with Gasteiger partial charge in [0.05, 0.1) is 6.61 Å². The Bertz CT molecular complexity index is 251. The van der Waals surface area contributed by atoms with E-state index in [9.17, 15) is 0 Å². The molecule has 0 aromatic carbocycles. The van der Waals surface area contributed by atoms with Crippen LogP contribution < -0.4 is 5.73 Å². The normalized spacial score (nSPS) is 13.3. The fourth-order valence-corrected chi connectivity index (χ4v) is 2.41. The fourth-order valence-electron chi connectivity index (χ4n) is 1.70. The molecule has 1 rings (SSSR count). The molecule has 0 aliphatic heterocycles. The quantitative estimate of drug-likeness (QED) is 0.772. The highest BCUT2D eigenvalue weighted by molar-refractivity contribution is 7.07. The summed E-state index contributed by atoms with van der Waals surface area (Å²) in [5, 5.41) is 4.27. The number of methoxy groups -OCH3 is 1. The molecule has 0 bridgehead atoms. The Balaban J connectivity index is 2.62. The van der Waals surface area contributed by atoms with E-state index in [2.05, 4.69) is 28.7 Å². The molecular formula is C11H20N2OS. The summed E-state index contributed by atoms with van der Waals surface area (Å²) < 4.78 is 5.11. The first-order valence-corrected chi connectivity index (χ1v) is 6.22. The van der Waals surface area contributed by atoms with Crippen LogP contribution in [0.25, 0.3) is 0 Å². The van der Waals surface area contributed by atoms with Crippen molar-refractivity contribution in [1.82, 2.24) is 4.90 Å². The summed E-state index contributed by atoms with van der Waals surface area (Å²) in [5.74, 6) is 0. The first-order valence-electron chi connectivity index (χ1n) is 5.28. The van der Waals surface area contributed by atoms with Crippen molar-refractivity contribution in [3.63, 3.8) is 0 Å². The van der Waals surface area contributed by atoms with Crippen LogP contribution in [-0.4, -0.2) is 38.3 Å². The zero-order chi connectivity index (χ0) is 11.1. The van der Waals surface area contributed by atoms with E-state index in [1.165, 1.54) is 5.56 Å². The van der Waals surface area contributed by atoms with Gasteiger partial charge in [-0.05, 0) is 28.9 Å². The van der Waals surface area contributed by atoms with E-state index in [1.54, 1.807) is 18.4 Å². The van der Waals surface area contributed by atoms with Gasteiger partial charge in [-0.3, -0.25) is 4.90 Å². The molecule has 86 valence electrons. The molecule has 1 aromatic heterocycles. The van der Waals surface area contributed by atoms with Gasteiger partial charge in [0.25, 0.3) is 0 Å². The monoisotopic (exact) mass is 228 g/mol. The van der Waals surface area contributed by atoms with Gasteiger partial charge in [0.15, 0.2) is 0 Å². The summed E-state index contributed by atoms with van der Waals surface area (Å²) in [6.07, 6.45) is 0. The number of rotatable bonds is 7. The van der Waals surface area contributed by atoms with Gasteiger partial charge >= 0.3 is 0 Å². The summed E-state index contributed by atoms with van der Waals surface area (Å²) in [4.78, 5) is 2.35. The molecule has 1 heterocycles. The Morgan fingerprint density at radius 1 is 1.60 bits per heavy atom. The van der Waals surface area contributed by atoms with Gasteiger partial charge in [0.1, 0.15) is 0 Å². The molecule has 1 atom stereocenters. The second-order valence-corrected chi connectivity index (χ2v) is 4.21. The lowest BCUT2D eigenvalue weighted by Crippen LogP contribution is -2.35. The largest absolute Gasteiger partial charge is 0.383 e. The molecule has 2 N–H and O–H groups in total.